The van der Waals surface area contributed by atoms with Crippen molar-refractivity contribution in [3.63, 3.8) is 0 Å². The summed E-state index contributed by atoms with van der Waals surface area (Å²) < 4.78 is 11.5. The molecule has 1 aliphatic rings. The quantitative estimate of drug-likeness (QED) is 0.863. The van der Waals surface area contributed by atoms with Gasteiger partial charge in [0, 0.05) is 13.1 Å². The Labute approximate surface area is 154 Å². The SMILES string of the molecule is CCOc1ccccc1NC(=O)C(C)N1CCOC(c2ccccc2)C1. The van der Waals surface area contributed by atoms with E-state index in [0.29, 0.717) is 31.2 Å². The molecule has 0 aromatic heterocycles. The molecule has 0 spiro atoms. The molecule has 0 aliphatic carbocycles. The fourth-order valence-corrected chi connectivity index (χ4v) is 3.14. The van der Waals surface area contributed by atoms with Crippen LogP contribution in [0.5, 0.6) is 5.75 Å². The summed E-state index contributed by atoms with van der Waals surface area (Å²) in [6.07, 6.45) is -0.00379. The third kappa shape index (κ3) is 4.42. The fraction of sp³-hybridized carbons (Fsp3) is 0.381. The van der Waals surface area contributed by atoms with E-state index in [0.717, 1.165) is 12.1 Å². The van der Waals surface area contributed by atoms with Gasteiger partial charge >= 0.3 is 0 Å². The molecular weight excluding hydrogens is 328 g/mol. The van der Waals surface area contributed by atoms with Gasteiger partial charge in [-0.05, 0) is 31.5 Å². The van der Waals surface area contributed by atoms with Gasteiger partial charge < -0.3 is 14.8 Å². The van der Waals surface area contributed by atoms with Crippen molar-refractivity contribution in [3.8, 4) is 5.75 Å². The molecular formula is C21H26N2O3. The van der Waals surface area contributed by atoms with Gasteiger partial charge in [0.25, 0.3) is 0 Å². The van der Waals surface area contributed by atoms with Crippen molar-refractivity contribution in [3.05, 3.63) is 60.2 Å². The van der Waals surface area contributed by atoms with Crippen LogP contribution >= 0.6 is 0 Å². The lowest BCUT2D eigenvalue weighted by Crippen LogP contribution is -2.48. The number of carbonyl (C=O) groups excluding carboxylic acids is 1. The zero-order valence-corrected chi connectivity index (χ0v) is 15.4. The topological polar surface area (TPSA) is 50.8 Å². The van der Waals surface area contributed by atoms with Crippen molar-refractivity contribution in [1.29, 1.82) is 0 Å². The number of benzene rings is 2. The number of morpholine rings is 1. The second-order valence-electron chi connectivity index (χ2n) is 6.36. The molecule has 1 heterocycles. The summed E-state index contributed by atoms with van der Waals surface area (Å²) in [6, 6.07) is 17.4. The molecule has 3 rings (SSSR count). The number of hydrogen-bond donors (Lipinski definition) is 1. The second-order valence-corrected chi connectivity index (χ2v) is 6.36. The molecule has 26 heavy (non-hydrogen) atoms. The monoisotopic (exact) mass is 354 g/mol. The van der Waals surface area contributed by atoms with Crippen molar-refractivity contribution in [2.45, 2.75) is 26.0 Å². The van der Waals surface area contributed by atoms with Crippen LogP contribution in [0.15, 0.2) is 54.6 Å². The van der Waals surface area contributed by atoms with Gasteiger partial charge in [-0.15, -0.1) is 0 Å². The first kappa shape index (κ1) is 18.4. The third-order valence-corrected chi connectivity index (χ3v) is 4.64. The van der Waals surface area contributed by atoms with Crippen molar-refractivity contribution in [1.82, 2.24) is 4.90 Å². The van der Waals surface area contributed by atoms with E-state index in [4.69, 9.17) is 9.47 Å². The maximum Gasteiger partial charge on any atom is 0.241 e. The highest BCUT2D eigenvalue weighted by atomic mass is 16.5. The van der Waals surface area contributed by atoms with Crippen LogP contribution in [0, 0.1) is 0 Å². The van der Waals surface area contributed by atoms with Crippen LogP contribution in [-0.2, 0) is 9.53 Å². The smallest absolute Gasteiger partial charge is 0.241 e. The summed E-state index contributed by atoms with van der Waals surface area (Å²) in [5.74, 6) is 0.658. The van der Waals surface area contributed by atoms with Crippen LogP contribution < -0.4 is 10.1 Å². The Bertz CT molecular complexity index is 720. The molecule has 1 saturated heterocycles. The lowest BCUT2D eigenvalue weighted by Gasteiger charge is -2.36. The molecule has 2 atom stereocenters. The van der Waals surface area contributed by atoms with E-state index in [-0.39, 0.29) is 18.1 Å². The standard InChI is InChI=1S/C21H26N2O3/c1-3-25-19-12-8-7-11-18(19)22-21(24)16(2)23-13-14-26-20(15-23)17-9-5-4-6-10-17/h4-12,16,20H,3,13-15H2,1-2H3,(H,22,24). The van der Waals surface area contributed by atoms with Gasteiger partial charge in [0.2, 0.25) is 5.91 Å². The molecule has 0 radical (unpaired) electrons. The van der Waals surface area contributed by atoms with Crippen LogP contribution in [0.1, 0.15) is 25.5 Å². The Morgan fingerprint density at radius 3 is 2.73 bits per heavy atom. The van der Waals surface area contributed by atoms with Crippen LogP contribution in [0.25, 0.3) is 0 Å². The highest BCUT2D eigenvalue weighted by molar-refractivity contribution is 5.95. The van der Waals surface area contributed by atoms with Gasteiger partial charge in [0.1, 0.15) is 5.75 Å². The summed E-state index contributed by atoms with van der Waals surface area (Å²) in [7, 11) is 0. The molecule has 2 aromatic carbocycles. The number of hydrogen-bond acceptors (Lipinski definition) is 4. The van der Waals surface area contributed by atoms with Gasteiger partial charge in [0.05, 0.1) is 31.0 Å². The van der Waals surface area contributed by atoms with E-state index in [1.807, 2.05) is 56.3 Å². The number of ether oxygens (including phenoxy) is 2. The molecule has 2 unspecified atom stereocenters. The van der Waals surface area contributed by atoms with Gasteiger partial charge in [0.15, 0.2) is 0 Å². The lowest BCUT2D eigenvalue weighted by molar-refractivity contribution is -0.124. The lowest BCUT2D eigenvalue weighted by atomic mass is 10.1. The zero-order valence-electron chi connectivity index (χ0n) is 15.4. The molecule has 1 aliphatic heterocycles. The van der Waals surface area contributed by atoms with E-state index in [1.54, 1.807) is 0 Å². The highest BCUT2D eigenvalue weighted by Crippen LogP contribution is 2.26. The number of rotatable bonds is 6. The van der Waals surface area contributed by atoms with E-state index in [9.17, 15) is 4.79 Å². The molecule has 5 heteroatoms. The number of anilines is 1. The van der Waals surface area contributed by atoms with E-state index < -0.39 is 0 Å². The Kier molecular flexibility index (Phi) is 6.26. The largest absolute Gasteiger partial charge is 0.492 e. The Hall–Kier alpha value is -2.37. The molecule has 0 bridgehead atoms. The van der Waals surface area contributed by atoms with Crippen LogP contribution in [0.3, 0.4) is 0 Å². The average Bonchev–Trinajstić information content (AvgIpc) is 2.70. The molecule has 1 amide bonds. The van der Waals surface area contributed by atoms with Crippen LogP contribution in [0.4, 0.5) is 5.69 Å². The minimum absolute atomic E-state index is 0.00379. The van der Waals surface area contributed by atoms with Crippen molar-refractivity contribution < 1.29 is 14.3 Å². The second kappa shape index (κ2) is 8.83. The maximum atomic E-state index is 12.8. The van der Waals surface area contributed by atoms with E-state index in [2.05, 4.69) is 22.3 Å². The fourth-order valence-electron chi connectivity index (χ4n) is 3.14. The van der Waals surface area contributed by atoms with Crippen molar-refractivity contribution in [2.75, 3.05) is 31.6 Å². The van der Waals surface area contributed by atoms with Gasteiger partial charge in [-0.25, -0.2) is 0 Å². The van der Waals surface area contributed by atoms with Crippen molar-refractivity contribution in [2.24, 2.45) is 0 Å². The Morgan fingerprint density at radius 1 is 1.23 bits per heavy atom. The predicted molar refractivity (Wildman–Crippen MR) is 102 cm³/mol. The number of carbonyl (C=O) groups is 1. The minimum atomic E-state index is -0.250. The van der Waals surface area contributed by atoms with Crippen LogP contribution in [-0.4, -0.2) is 43.2 Å². The number of amides is 1. The molecule has 1 N–H and O–H groups in total. The van der Waals surface area contributed by atoms with E-state index >= 15 is 0 Å². The summed E-state index contributed by atoms with van der Waals surface area (Å²) in [6.45, 7) is 6.48. The predicted octanol–water partition coefficient (Wildman–Crippen LogP) is 3.49. The van der Waals surface area contributed by atoms with Crippen molar-refractivity contribution >= 4 is 11.6 Å². The molecule has 2 aromatic rings. The molecule has 0 saturated carbocycles. The first-order valence-corrected chi connectivity index (χ1v) is 9.12. The van der Waals surface area contributed by atoms with Gasteiger partial charge in [-0.2, -0.15) is 0 Å². The summed E-state index contributed by atoms with van der Waals surface area (Å²) in [4.78, 5) is 14.9. The minimum Gasteiger partial charge on any atom is -0.492 e. The average molecular weight is 354 g/mol. The number of nitrogens with zero attached hydrogens (tertiary/aromatic N) is 1. The first-order chi connectivity index (χ1) is 12.7. The summed E-state index contributed by atoms with van der Waals surface area (Å²) in [5, 5.41) is 3.00. The molecule has 5 nitrogen and oxygen atoms in total. The molecule has 138 valence electrons. The first-order valence-electron chi connectivity index (χ1n) is 9.12. The van der Waals surface area contributed by atoms with Gasteiger partial charge in [-0.3, -0.25) is 9.69 Å². The summed E-state index contributed by atoms with van der Waals surface area (Å²) >= 11 is 0. The number of nitrogens with one attached hydrogen (secondary N) is 1. The van der Waals surface area contributed by atoms with E-state index in [1.165, 1.54) is 0 Å². The summed E-state index contributed by atoms with van der Waals surface area (Å²) in [5.41, 5.74) is 1.85. The third-order valence-electron chi connectivity index (χ3n) is 4.64. The Balaban J connectivity index is 1.65. The highest BCUT2D eigenvalue weighted by Gasteiger charge is 2.29. The molecule has 1 fully saturated rings. The number of para-hydroxylation sites is 2. The zero-order chi connectivity index (χ0) is 18.4. The Morgan fingerprint density at radius 2 is 1.96 bits per heavy atom. The maximum absolute atomic E-state index is 12.8. The van der Waals surface area contributed by atoms with Gasteiger partial charge in [-0.1, -0.05) is 42.5 Å². The van der Waals surface area contributed by atoms with Crippen LogP contribution in [0.2, 0.25) is 0 Å². The normalized spacial score (nSPS) is 18.9.